The topological polar surface area (TPSA) is 51.6 Å². The molecule has 1 aromatic carbocycles. The molecule has 7 aromatic rings. The maximum atomic E-state index is 5.17. The molecule has 0 fully saturated rings. The van der Waals surface area contributed by atoms with Crippen LogP contribution in [0.4, 0.5) is 0 Å². The average Bonchev–Trinajstić information content (AvgIpc) is 1.58. The minimum absolute atomic E-state index is 0.104. The average molecular weight is 1310 g/mol. The molecule has 0 aliphatic heterocycles. The Hall–Kier alpha value is -5.42. The highest BCUT2D eigenvalue weighted by Crippen LogP contribution is 2.50. The van der Waals surface area contributed by atoms with Gasteiger partial charge in [0.25, 0.3) is 0 Å². The van der Waals surface area contributed by atoms with Crippen LogP contribution in [-0.2, 0) is 12.8 Å². The van der Waals surface area contributed by atoms with Crippen LogP contribution in [-0.4, -0.2) is 19.2 Å². The molecule has 0 aliphatic carbocycles. The molecule has 0 spiro atoms. The van der Waals surface area contributed by atoms with Gasteiger partial charge >= 0.3 is 0 Å². The van der Waals surface area contributed by atoms with Gasteiger partial charge in [-0.15, -0.1) is 62.0 Å². The number of unbranched alkanes of at least 4 members (excludes halogenated alkanes) is 29. The maximum absolute atomic E-state index is 5.17. The molecule has 90 heavy (non-hydrogen) atoms. The van der Waals surface area contributed by atoms with E-state index in [1.807, 2.05) is 45.3 Å². The van der Waals surface area contributed by atoms with Crippen LogP contribution in [0.25, 0.3) is 60.1 Å². The SMILES string of the molecule is C#CC#CC#CC#CC#CC#CC#CC(CCCCCCCCCCCC)Cc1cc(-c2c3nnsc3c(C)c3nnsc23)sc1-c1ccc(-c2ccc(-c3sc(C)cc3CC(CCCCCCCCCCCC)CCCCCCCCCCCCCC)s2)s1. The lowest BCUT2D eigenvalue weighted by Gasteiger charge is -2.17. The van der Waals surface area contributed by atoms with Gasteiger partial charge in [-0.25, -0.2) is 0 Å². The predicted molar refractivity (Wildman–Crippen MR) is 400 cm³/mol. The Morgan fingerprint density at radius 1 is 0.389 bits per heavy atom. The third kappa shape index (κ3) is 24.9. The van der Waals surface area contributed by atoms with Crippen LogP contribution >= 0.6 is 68.4 Å². The predicted octanol–water partition coefficient (Wildman–Crippen LogP) is 24.9. The number of hydrogen-bond donors (Lipinski definition) is 0. The highest BCUT2D eigenvalue weighted by Gasteiger charge is 2.25. The molecule has 2 unspecified atom stereocenters. The first-order valence-corrected chi connectivity index (χ1v) is 39.5. The summed E-state index contributed by atoms with van der Waals surface area (Å²) in [6, 6.07) is 14.5. The summed E-state index contributed by atoms with van der Waals surface area (Å²) >= 11 is 10.6. The molecule has 0 N–H and O–H groups in total. The van der Waals surface area contributed by atoms with Gasteiger partial charge in [-0.05, 0) is 186 Å². The Balaban J connectivity index is 1.10. The Morgan fingerprint density at radius 2 is 0.789 bits per heavy atom. The van der Waals surface area contributed by atoms with Gasteiger partial charge in [-0.2, -0.15) is 0 Å². The molecule has 2 atom stereocenters. The van der Waals surface area contributed by atoms with E-state index in [2.05, 4.69) is 162 Å². The number of terminal acetylenes is 1. The number of hydrogen-bond acceptors (Lipinski definition) is 10. The maximum Gasteiger partial charge on any atom is 0.116 e. The third-order valence-corrected chi connectivity index (χ3v) is 23.9. The molecule has 474 valence electrons. The van der Waals surface area contributed by atoms with Gasteiger partial charge in [0.05, 0.1) is 9.40 Å². The summed E-state index contributed by atoms with van der Waals surface area (Å²) in [5.74, 6) is 37.0. The van der Waals surface area contributed by atoms with E-state index >= 15 is 0 Å². The molecule has 0 radical (unpaired) electrons. The van der Waals surface area contributed by atoms with Crippen molar-refractivity contribution >= 4 is 88.8 Å². The molecule has 7 rings (SSSR count). The van der Waals surface area contributed by atoms with E-state index in [0.717, 1.165) is 56.7 Å². The summed E-state index contributed by atoms with van der Waals surface area (Å²) < 4.78 is 11.1. The summed E-state index contributed by atoms with van der Waals surface area (Å²) in [4.78, 5) is 10.7. The van der Waals surface area contributed by atoms with Crippen molar-refractivity contribution in [1.82, 2.24) is 19.2 Å². The summed E-state index contributed by atoms with van der Waals surface area (Å²) in [7, 11) is 0. The van der Waals surface area contributed by atoms with E-state index in [-0.39, 0.29) is 5.92 Å². The first-order chi connectivity index (χ1) is 44.4. The summed E-state index contributed by atoms with van der Waals surface area (Å²) in [6.45, 7) is 11.4. The van der Waals surface area contributed by atoms with E-state index in [1.54, 1.807) is 5.56 Å². The van der Waals surface area contributed by atoms with Crippen molar-refractivity contribution in [2.75, 3.05) is 0 Å². The fourth-order valence-corrected chi connectivity index (χ4v) is 18.5. The van der Waals surface area contributed by atoms with Crippen LogP contribution < -0.4 is 0 Å². The minimum Gasteiger partial charge on any atom is -0.139 e. The van der Waals surface area contributed by atoms with E-state index in [1.165, 1.54) is 286 Å². The van der Waals surface area contributed by atoms with E-state index in [0.29, 0.717) is 0 Å². The normalized spacial score (nSPS) is 11.5. The summed E-state index contributed by atoms with van der Waals surface area (Å²) in [5, 5.41) is 9.41. The lowest BCUT2D eigenvalue weighted by molar-refractivity contribution is 0.400. The standard InChI is InChI=1S/C80H98N4S6/c1-7-11-15-19-23-27-31-33-37-41-44-48-52-65(51-47-43-39-35-29-25-21-17-13-9-3)60-67-59-63(5)85-78(67)71-57-55-69(86-71)70-56-58-72(87-70)79-68(62-73(88-79)74-76-77(89-84-82-76)64(6)75-80(74)90-83-81-75)61-66(53-49-45-40-36-30-26-22-18-14-10-4)54-50-46-42-38-34-32-28-24-20-16-12-8-2/h2,55-59,62,65-66H,7,9-11,13-15,17-19,21-23,25-27,29-31,33,35-37,39-41,43-45,47-49,51-53,60-61H2,1,3-6H3. The molecule has 4 nitrogen and oxygen atoms in total. The minimum atomic E-state index is 0.104. The molecule has 0 aliphatic rings. The van der Waals surface area contributed by atoms with Gasteiger partial charge in [0.2, 0.25) is 0 Å². The number of nitrogens with zero attached hydrogens (tertiary/aromatic N) is 4. The van der Waals surface area contributed by atoms with Crippen LogP contribution in [0.1, 0.15) is 267 Å². The van der Waals surface area contributed by atoms with Gasteiger partial charge in [0.1, 0.15) is 11.0 Å². The zero-order valence-electron chi connectivity index (χ0n) is 55.1. The van der Waals surface area contributed by atoms with Crippen LogP contribution in [0, 0.1) is 109 Å². The fraction of sp³-hybridized carbons (Fsp3) is 0.550. The monoisotopic (exact) mass is 1310 g/mol. The molecular formula is C80H98N4S6. The van der Waals surface area contributed by atoms with E-state index in [9.17, 15) is 0 Å². The van der Waals surface area contributed by atoms with Crippen molar-refractivity contribution < 1.29 is 0 Å². The zero-order chi connectivity index (χ0) is 63.1. The summed E-state index contributed by atoms with van der Waals surface area (Å²) in [5.41, 5.74) is 6.92. The Labute approximate surface area is 568 Å². The number of aryl methyl sites for hydroxylation is 2. The highest BCUT2D eigenvalue weighted by atomic mass is 32.1. The third-order valence-electron chi connectivity index (χ3n) is 17.3. The van der Waals surface area contributed by atoms with Gasteiger partial charge in [0, 0.05) is 50.5 Å². The van der Waals surface area contributed by atoms with Crippen molar-refractivity contribution in [3.8, 4) is 123 Å². The molecule has 0 saturated carbocycles. The smallest absolute Gasteiger partial charge is 0.116 e. The Morgan fingerprint density at radius 3 is 1.28 bits per heavy atom. The van der Waals surface area contributed by atoms with Gasteiger partial charge in [-0.1, -0.05) is 254 Å². The molecule has 6 aromatic heterocycles. The first kappa shape index (κ1) is 72.0. The molecule has 6 heterocycles. The Bertz CT molecular complexity index is 3630. The van der Waals surface area contributed by atoms with Gasteiger partial charge in [-0.3, -0.25) is 0 Å². The number of thiophene rings is 4. The number of benzene rings is 1. The largest absolute Gasteiger partial charge is 0.139 e. The quantitative estimate of drug-likeness (QED) is 0.0282. The van der Waals surface area contributed by atoms with E-state index < -0.39 is 0 Å². The molecule has 0 amide bonds. The van der Waals surface area contributed by atoms with Gasteiger partial charge in [0.15, 0.2) is 0 Å². The van der Waals surface area contributed by atoms with Crippen LogP contribution in [0.5, 0.6) is 0 Å². The lowest BCUT2D eigenvalue weighted by atomic mass is 9.88. The molecule has 0 saturated heterocycles. The van der Waals surface area contributed by atoms with Crippen molar-refractivity contribution in [3.05, 3.63) is 58.0 Å². The fourth-order valence-electron chi connectivity index (χ4n) is 12.3. The number of rotatable bonds is 43. The van der Waals surface area contributed by atoms with Crippen molar-refractivity contribution in [2.45, 2.75) is 272 Å². The van der Waals surface area contributed by atoms with Crippen molar-refractivity contribution in [3.63, 3.8) is 0 Å². The molecule has 0 bridgehead atoms. The van der Waals surface area contributed by atoms with Crippen LogP contribution in [0.15, 0.2) is 36.4 Å². The second-order valence-electron chi connectivity index (χ2n) is 24.7. The van der Waals surface area contributed by atoms with Gasteiger partial charge < -0.3 is 0 Å². The number of aromatic nitrogens is 4. The molecular weight excluding hydrogens is 1210 g/mol. The van der Waals surface area contributed by atoms with Crippen LogP contribution in [0.3, 0.4) is 0 Å². The van der Waals surface area contributed by atoms with Crippen molar-refractivity contribution in [2.24, 2.45) is 11.8 Å². The second-order valence-corrected chi connectivity index (χ2v) is 30.6. The second kappa shape index (κ2) is 43.4. The van der Waals surface area contributed by atoms with Crippen molar-refractivity contribution in [1.29, 1.82) is 0 Å². The summed E-state index contributed by atoms with van der Waals surface area (Å²) in [6.07, 6.45) is 54.7. The number of fused-ring (bicyclic) bond motifs is 2. The first-order valence-electron chi connectivity index (χ1n) is 34.7. The van der Waals surface area contributed by atoms with E-state index in [4.69, 9.17) is 11.5 Å². The van der Waals surface area contributed by atoms with Crippen LogP contribution in [0.2, 0.25) is 0 Å². The lowest BCUT2D eigenvalue weighted by Crippen LogP contribution is -2.05. The zero-order valence-corrected chi connectivity index (χ0v) is 60.0. The molecule has 10 heteroatoms. The Kier molecular flexibility index (Phi) is 34.7. The highest BCUT2D eigenvalue weighted by molar-refractivity contribution is 7.29.